The van der Waals surface area contributed by atoms with Crippen molar-refractivity contribution in [3.63, 3.8) is 0 Å². The molecule has 4 rings (SSSR count). The summed E-state index contributed by atoms with van der Waals surface area (Å²) in [6.45, 7) is 10.3. The molecule has 0 saturated carbocycles. The van der Waals surface area contributed by atoms with Gasteiger partial charge in [-0.25, -0.2) is 9.18 Å². The van der Waals surface area contributed by atoms with E-state index in [1.807, 2.05) is 38.1 Å². The number of fused-ring (bicyclic) bond motifs is 1. The van der Waals surface area contributed by atoms with Crippen molar-refractivity contribution < 1.29 is 23.5 Å². The van der Waals surface area contributed by atoms with E-state index in [9.17, 15) is 14.4 Å². The molecule has 1 aliphatic rings. The third kappa shape index (κ3) is 5.32. The lowest BCUT2D eigenvalue weighted by Gasteiger charge is -2.28. The molecule has 1 heterocycles. The highest BCUT2D eigenvalue weighted by atomic mass is 19.1. The summed E-state index contributed by atoms with van der Waals surface area (Å²) < 4.78 is 19.9. The maximum absolute atomic E-state index is 15.0. The van der Waals surface area contributed by atoms with Gasteiger partial charge in [0.05, 0.1) is 12.8 Å². The molecule has 1 aliphatic heterocycles. The summed E-state index contributed by atoms with van der Waals surface area (Å²) in [4.78, 5) is 39.7. The van der Waals surface area contributed by atoms with Crippen LogP contribution in [0.15, 0.2) is 60.7 Å². The van der Waals surface area contributed by atoms with E-state index in [2.05, 4.69) is 26.1 Å². The molecule has 38 heavy (non-hydrogen) atoms. The molecule has 6 nitrogen and oxygen atoms in total. The SMILES string of the molecule is COC(=O)[C@H](C(C)C)N1Cc2ccc(-c3ccc(NC(=O)c4ccc(C(C)(C)C)cc4)c(F)c3)cc2C1=O. The van der Waals surface area contributed by atoms with Gasteiger partial charge in [0.2, 0.25) is 0 Å². The lowest BCUT2D eigenvalue weighted by molar-refractivity contribution is -0.147. The molecule has 0 fully saturated rings. The van der Waals surface area contributed by atoms with Gasteiger partial charge in [-0.1, -0.05) is 65.0 Å². The summed E-state index contributed by atoms with van der Waals surface area (Å²) in [6, 6.07) is 16.5. The molecule has 3 aromatic rings. The van der Waals surface area contributed by atoms with Crippen molar-refractivity contribution in [1.82, 2.24) is 4.90 Å². The van der Waals surface area contributed by atoms with Crippen molar-refractivity contribution in [2.45, 2.75) is 52.6 Å². The van der Waals surface area contributed by atoms with Crippen molar-refractivity contribution in [3.05, 3.63) is 88.7 Å². The topological polar surface area (TPSA) is 75.7 Å². The Balaban J connectivity index is 1.53. The zero-order valence-electron chi connectivity index (χ0n) is 22.6. The molecule has 3 aromatic carbocycles. The van der Waals surface area contributed by atoms with Gasteiger partial charge in [0.1, 0.15) is 11.9 Å². The van der Waals surface area contributed by atoms with Crippen molar-refractivity contribution in [2.75, 3.05) is 12.4 Å². The van der Waals surface area contributed by atoms with Crippen LogP contribution in [-0.2, 0) is 21.5 Å². The lowest BCUT2D eigenvalue weighted by Crippen LogP contribution is -2.45. The second-order valence-corrected chi connectivity index (χ2v) is 11.0. The zero-order chi connectivity index (χ0) is 27.8. The zero-order valence-corrected chi connectivity index (χ0v) is 22.6. The van der Waals surface area contributed by atoms with Gasteiger partial charge in [-0.2, -0.15) is 0 Å². The Kier molecular flexibility index (Phi) is 7.40. The number of ether oxygens (including phenoxy) is 1. The number of rotatable bonds is 6. The van der Waals surface area contributed by atoms with Crippen LogP contribution in [0, 0.1) is 11.7 Å². The van der Waals surface area contributed by atoms with E-state index in [-0.39, 0.29) is 22.9 Å². The molecule has 0 aliphatic carbocycles. The van der Waals surface area contributed by atoms with Crippen LogP contribution in [0.3, 0.4) is 0 Å². The molecule has 0 aromatic heterocycles. The molecule has 0 unspecified atom stereocenters. The van der Waals surface area contributed by atoms with Crippen LogP contribution in [0.25, 0.3) is 11.1 Å². The number of amides is 2. The molecular weight excluding hydrogens is 483 g/mol. The Morgan fingerprint density at radius 1 is 0.974 bits per heavy atom. The van der Waals surface area contributed by atoms with Crippen molar-refractivity contribution in [1.29, 1.82) is 0 Å². The Bertz CT molecular complexity index is 1390. The van der Waals surface area contributed by atoms with Gasteiger partial charge in [0.15, 0.2) is 0 Å². The minimum atomic E-state index is -0.687. The fraction of sp³-hybridized carbons (Fsp3) is 0.323. The van der Waals surface area contributed by atoms with Gasteiger partial charge in [0.25, 0.3) is 11.8 Å². The van der Waals surface area contributed by atoms with Crippen LogP contribution < -0.4 is 5.32 Å². The molecule has 0 spiro atoms. The fourth-order valence-corrected chi connectivity index (χ4v) is 4.72. The highest BCUT2D eigenvalue weighted by Crippen LogP contribution is 2.32. The molecule has 1 atom stereocenters. The second kappa shape index (κ2) is 10.4. The van der Waals surface area contributed by atoms with E-state index in [4.69, 9.17) is 4.74 Å². The quantitative estimate of drug-likeness (QED) is 0.396. The summed E-state index contributed by atoms with van der Waals surface area (Å²) in [5.74, 6) is -1.81. The summed E-state index contributed by atoms with van der Waals surface area (Å²) in [6.07, 6.45) is 0. The van der Waals surface area contributed by atoms with E-state index >= 15 is 4.39 Å². The predicted molar refractivity (Wildman–Crippen MR) is 145 cm³/mol. The average Bonchev–Trinajstić information content (AvgIpc) is 3.19. The monoisotopic (exact) mass is 516 g/mol. The highest BCUT2D eigenvalue weighted by Gasteiger charge is 2.38. The van der Waals surface area contributed by atoms with Crippen LogP contribution in [0.4, 0.5) is 10.1 Å². The Labute approximate surface area is 222 Å². The minimum Gasteiger partial charge on any atom is -0.467 e. The van der Waals surface area contributed by atoms with E-state index in [0.29, 0.717) is 28.8 Å². The van der Waals surface area contributed by atoms with E-state index in [0.717, 1.165) is 11.1 Å². The third-order valence-electron chi connectivity index (χ3n) is 6.92. The molecule has 198 valence electrons. The van der Waals surface area contributed by atoms with Gasteiger partial charge in [-0.05, 0) is 63.9 Å². The van der Waals surface area contributed by atoms with Gasteiger partial charge in [-0.3, -0.25) is 9.59 Å². The number of anilines is 1. The summed E-state index contributed by atoms with van der Waals surface area (Å²) in [7, 11) is 1.31. The first-order valence-corrected chi connectivity index (χ1v) is 12.6. The maximum Gasteiger partial charge on any atom is 0.328 e. The molecule has 1 N–H and O–H groups in total. The predicted octanol–water partition coefficient (Wildman–Crippen LogP) is 6.20. The van der Waals surface area contributed by atoms with Crippen molar-refractivity contribution in [2.24, 2.45) is 5.92 Å². The number of carbonyl (C=O) groups is 3. The normalized spacial score (nSPS) is 13.9. The number of esters is 1. The van der Waals surface area contributed by atoms with Crippen LogP contribution in [0.2, 0.25) is 0 Å². The van der Waals surface area contributed by atoms with Crippen molar-refractivity contribution >= 4 is 23.5 Å². The maximum atomic E-state index is 15.0. The fourth-order valence-electron chi connectivity index (χ4n) is 4.72. The number of methoxy groups -OCH3 is 1. The number of carbonyl (C=O) groups excluding carboxylic acids is 3. The molecule has 0 saturated heterocycles. The lowest BCUT2D eigenvalue weighted by atomic mass is 9.87. The number of benzene rings is 3. The van der Waals surface area contributed by atoms with Gasteiger partial charge >= 0.3 is 5.97 Å². The second-order valence-electron chi connectivity index (χ2n) is 11.0. The minimum absolute atomic E-state index is 0.0329. The Morgan fingerprint density at radius 3 is 2.18 bits per heavy atom. The standard InChI is InChI=1S/C31H33FN2O4/c1-18(2)27(30(37)38-6)34-17-22-8-7-20(15-24(22)29(34)36)21-11-14-26(25(32)16-21)33-28(35)19-9-12-23(13-10-19)31(3,4)5/h7-16,18,27H,17H2,1-6H3,(H,33,35)/t27-/m0/s1. The van der Waals surface area contributed by atoms with Gasteiger partial charge in [0, 0.05) is 17.7 Å². The third-order valence-corrected chi connectivity index (χ3v) is 6.92. The molecule has 0 bridgehead atoms. The molecule has 2 amide bonds. The van der Waals surface area contributed by atoms with Crippen molar-refractivity contribution in [3.8, 4) is 11.1 Å². The smallest absolute Gasteiger partial charge is 0.328 e. The van der Waals surface area contributed by atoms with E-state index in [1.165, 1.54) is 24.1 Å². The van der Waals surface area contributed by atoms with Gasteiger partial charge < -0.3 is 15.0 Å². The largest absolute Gasteiger partial charge is 0.467 e. The van der Waals surface area contributed by atoms with Crippen LogP contribution in [0.5, 0.6) is 0 Å². The number of nitrogens with one attached hydrogen (secondary N) is 1. The number of nitrogens with zero attached hydrogens (tertiary/aromatic N) is 1. The number of hydrogen-bond acceptors (Lipinski definition) is 4. The van der Waals surface area contributed by atoms with E-state index < -0.39 is 23.7 Å². The van der Waals surface area contributed by atoms with Gasteiger partial charge in [-0.15, -0.1) is 0 Å². The molecular formula is C31H33FN2O4. The van der Waals surface area contributed by atoms with Crippen LogP contribution in [0.1, 0.15) is 66.5 Å². The Hall–Kier alpha value is -4.00. The average molecular weight is 517 g/mol. The summed E-state index contributed by atoms with van der Waals surface area (Å²) in [5.41, 5.74) is 4.09. The van der Waals surface area contributed by atoms with Crippen LogP contribution >= 0.6 is 0 Å². The van der Waals surface area contributed by atoms with Crippen LogP contribution in [-0.4, -0.2) is 35.8 Å². The molecule has 7 heteroatoms. The summed E-state index contributed by atoms with van der Waals surface area (Å²) >= 11 is 0. The molecule has 0 radical (unpaired) electrons. The first-order chi connectivity index (χ1) is 17.9. The first-order valence-electron chi connectivity index (χ1n) is 12.6. The number of hydrogen-bond donors (Lipinski definition) is 1. The summed E-state index contributed by atoms with van der Waals surface area (Å²) in [5, 5.41) is 2.64. The first kappa shape index (κ1) is 27.0. The van der Waals surface area contributed by atoms with E-state index in [1.54, 1.807) is 24.3 Å². The number of halogens is 1. The Morgan fingerprint density at radius 2 is 1.61 bits per heavy atom. The highest BCUT2D eigenvalue weighted by molar-refractivity contribution is 6.04.